The molecule has 7 heteroatoms. The molecule has 0 aliphatic carbocycles. The van der Waals surface area contributed by atoms with E-state index in [0.717, 1.165) is 15.4 Å². The van der Waals surface area contributed by atoms with Gasteiger partial charge in [-0.2, -0.15) is 9.78 Å². The van der Waals surface area contributed by atoms with Crippen LogP contribution in [0, 0.1) is 0 Å². The molecule has 0 fully saturated rings. The first-order chi connectivity index (χ1) is 11.1. The Kier molecular flexibility index (Phi) is 4.75. The summed E-state index contributed by atoms with van der Waals surface area (Å²) in [6.45, 7) is 0. The summed E-state index contributed by atoms with van der Waals surface area (Å²) in [4.78, 5) is 12.9. The third-order valence-electron chi connectivity index (χ3n) is 3.50. The van der Waals surface area contributed by atoms with E-state index in [1.165, 1.54) is 4.68 Å². The minimum atomic E-state index is -0.303. The van der Waals surface area contributed by atoms with Gasteiger partial charge in [0.15, 0.2) is 0 Å². The van der Waals surface area contributed by atoms with Gasteiger partial charge in [-0.05, 0) is 24.3 Å². The molecular formula is C16H11Br2ClN2O2. The number of alkyl halides is 1. The molecular weight excluding hydrogens is 447 g/mol. The molecule has 3 aromatic rings. The van der Waals surface area contributed by atoms with Crippen molar-refractivity contribution in [1.29, 1.82) is 0 Å². The predicted molar refractivity (Wildman–Crippen MR) is 97.8 cm³/mol. The molecule has 1 heterocycles. The molecule has 0 spiro atoms. The van der Waals surface area contributed by atoms with Crippen LogP contribution in [-0.2, 0) is 5.33 Å². The van der Waals surface area contributed by atoms with Gasteiger partial charge in [-0.15, -0.1) is 0 Å². The number of methoxy groups -OCH3 is 1. The maximum absolute atomic E-state index is 12.9. The summed E-state index contributed by atoms with van der Waals surface area (Å²) in [6.07, 6.45) is 1.65. The molecule has 0 radical (unpaired) electrons. The van der Waals surface area contributed by atoms with Crippen molar-refractivity contribution in [3.05, 3.63) is 57.2 Å². The Labute approximate surface area is 154 Å². The summed E-state index contributed by atoms with van der Waals surface area (Å²) in [5, 5.41) is 6.01. The zero-order chi connectivity index (χ0) is 16.6. The van der Waals surface area contributed by atoms with Crippen LogP contribution in [0.5, 0.6) is 5.75 Å². The Balaban J connectivity index is 2.14. The molecule has 4 nitrogen and oxygen atoms in total. The maximum atomic E-state index is 12.9. The Morgan fingerprint density at radius 1 is 1.39 bits per heavy atom. The molecule has 0 amide bonds. The Bertz CT molecular complexity index is 908. The van der Waals surface area contributed by atoms with Gasteiger partial charge in [0, 0.05) is 20.8 Å². The van der Waals surface area contributed by atoms with Crippen molar-refractivity contribution in [3.8, 4) is 5.75 Å². The molecule has 0 saturated carbocycles. The van der Waals surface area contributed by atoms with E-state index in [1.54, 1.807) is 25.4 Å². The number of aromatic nitrogens is 2. The summed E-state index contributed by atoms with van der Waals surface area (Å²) in [5.74, 6) is 0.301. The van der Waals surface area contributed by atoms with E-state index < -0.39 is 0 Å². The van der Waals surface area contributed by atoms with Crippen molar-refractivity contribution >= 4 is 60.3 Å². The first-order valence-corrected chi connectivity index (χ1v) is 8.95. The first-order valence-electron chi connectivity index (χ1n) is 6.66. The van der Waals surface area contributed by atoms with E-state index in [2.05, 4.69) is 37.0 Å². The Morgan fingerprint density at radius 3 is 2.87 bits per heavy atom. The topological polar surface area (TPSA) is 44.1 Å². The van der Waals surface area contributed by atoms with Crippen LogP contribution in [0.2, 0.25) is 5.02 Å². The minimum absolute atomic E-state index is 0.303. The number of benzene rings is 2. The van der Waals surface area contributed by atoms with E-state index in [9.17, 15) is 4.79 Å². The van der Waals surface area contributed by atoms with E-state index in [4.69, 9.17) is 16.3 Å². The van der Waals surface area contributed by atoms with Crippen molar-refractivity contribution in [2.45, 2.75) is 5.33 Å². The summed E-state index contributed by atoms with van der Waals surface area (Å²) in [5.41, 5.74) is 1.93. The molecule has 2 aromatic carbocycles. The lowest BCUT2D eigenvalue weighted by Crippen LogP contribution is -2.14. The summed E-state index contributed by atoms with van der Waals surface area (Å²) >= 11 is 13.1. The zero-order valence-electron chi connectivity index (χ0n) is 12.0. The van der Waals surface area contributed by atoms with Crippen LogP contribution in [0.3, 0.4) is 0 Å². The third kappa shape index (κ3) is 2.91. The Hall–Kier alpha value is -1.37. The number of carbonyl (C=O) groups is 1. The highest BCUT2D eigenvalue weighted by Gasteiger charge is 2.19. The number of fused-ring (bicyclic) bond motifs is 1. The van der Waals surface area contributed by atoms with Crippen molar-refractivity contribution in [2.75, 3.05) is 7.11 Å². The van der Waals surface area contributed by atoms with Gasteiger partial charge in [0.05, 0.1) is 29.4 Å². The van der Waals surface area contributed by atoms with Gasteiger partial charge in [-0.3, -0.25) is 4.79 Å². The van der Waals surface area contributed by atoms with Gasteiger partial charge in [0.1, 0.15) is 5.75 Å². The number of carbonyl (C=O) groups excluding carboxylic acids is 1. The first kappa shape index (κ1) is 16.5. The molecule has 23 heavy (non-hydrogen) atoms. The summed E-state index contributed by atoms with van der Waals surface area (Å²) < 4.78 is 7.55. The van der Waals surface area contributed by atoms with Crippen LogP contribution in [0.1, 0.15) is 15.9 Å². The van der Waals surface area contributed by atoms with Crippen LogP contribution in [0.25, 0.3) is 10.9 Å². The molecule has 118 valence electrons. The number of nitrogens with zero attached hydrogens (tertiary/aromatic N) is 2. The van der Waals surface area contributed by atoms with E-state index in [0.29, 0.717) is 27.2 Å². The second-order valence-corrected chi connectivity index (χ2v) is 6.63. The highest BCUT2D eigenvalue weighted by Crippen LogP contribution is 2.30. The fourth-order valence-electron chi connectivity index (χ4n) is 2.34. The normalized spacial score (nSPS) is 11.0. The minimum Gasteiger partial charge on any atom is -0.496 e. The summed E-state index contributed by atoms with van der Waals surface area (Å²) in [6, 6.07) is 8.97. The van der Waals surface area contributed by atoms with E-state index in [-0.39, 0.29) is 5.91 Å². The molecule has 0 aliphatic rings. The molecule has 0 unspecified atom stereocenters. The molecule has 0 atom stereocenters. The molecule has 0 aliphatic heterocycles. The van der Waals surface area contributed by atoms with Crippen LogP contribution in [0.4, 0.5) is 0 Å². The van der Waals surface area contributed by atoms with Gasteiger partial charge in [-0.1, -0.05) is 49.5 Å². The van der Waals surface area contributed by atoms with Gasteiger partial charge < -0.3 is 4.74 Å². The Morgan fingerprint density at radius 2 is 2.17 bits per heavy atom. The lowest BCUT2D eigenvalue weighted by atomic mass is 10.1. The quantitative estimate of drug-likeness (QED) is 0.517. The second-order valence-electron chi connectivity index (χ2n) is 4.81. The van der Waals surface area contributed by atoms with Gasteiger partial charge in [0.2, 0.25) is 0 Å². The second kappa shape index (κ2) is 6.63. The smallest absolute Gasteiger partial charge is 0.280 e. The average molecular weight is 459 g/mol. The molecule has 0 saturated heterocycles. The van der Waals surface area contributed by atoms with Crippen LogP contribution >= 0.6 is 43.5 Å². The molecule has 0 N–H and O–H groups in total. The highest BCUT2D eigenvalue weighted by molar-refractivity contribution is 9.10. The van der Waals surface area contributed by atoms with Crippen molar-refractivity contribution in [2.24, 2.45) is 0 Å². The van der Waals surface area contributed by atoms with Crippen LogP contribution < -0.4 is 4.74 Å². The van der Waals surface area contributed by atoms with Crippen molar-refractivity contribution < 1.29 is 9.53 Å². The number of hydrogen-bond acceptors (Lipinski definition) is 3. The van der Waals surface area contributed by atoms with Gasteiger partial charge in [0.25, 0.3) is 5.91 Å². The fraction of sp³-hybridized carbons (Fsp3) is 0.125. The standard InChI is InChI=1S/C16H11Br2ClN2O2/c1-23-15-6-10(13(19)5-9(15)7-17)16(22)21-14-4-2-3-12(18)11(14)8-20-21/h2-6,8H,7H2,1H3. The van der Waals surface area contributed by atoms with Gasteiger partial charge >= 0.3 is 0 Å². The number of halogens is 3. The lowest BCUT2D eigenvalue weighted by Gasteiger charge is -2.11. The van der Waals surface area contributed by atoms with Gasteiger partial charge in [-0.25, -0.2) is 0 Å². The SMILES string of the molecule is COc1cc(C(=O)n2ncc3c(Br)cccc32)c(Cl)cc1CBr. The molecule has 3 rings (SSSR count). The van der Waals surface area contributed by atoms with Crippen LogP contribution in [-0.4, -0.2) is 22.8 Å². The monoisotopic (exact) mass is 456 g/mol. The van der Waals surface area contributed by atoms with Crippen molar-refractivity contribution in [1.82, 2.24) is 9.78 Å². The van der Waals surface area contributed by atoms with Crippen molar-refractivity contribution in [3.63, 3.8) is 0 Å². The number of ether oxygens (including phenoxy) is 1. The lowest BCUT2D eigenvalue weighted by molar-refractivity contribution is 0.0950. The highest BCUT2D eigenvalue weighted by atomic mass is 79.9. The summed E-state index contributed by atoms with van der Waals surface area (Å²) in [7, 11) is 1.56. The van der Waals surface area contributed by atoms with E-state index >= 15 is 0 Å². The molecule has 1 aromatic heterocycles. The number of rotatable bonds is 3. The predicted octanol–water partition coefficient (Wildman–Crippen LogP) is 5.04. The fourth-order valence-corrected chi connectivity index (χ4v) is 3.51. The zero-order valence-corrected chi connectivity index (χ0v) is 15.9. The van der Waals surface area contributed by atoms with Crippen LogP contribution in [0.15, 0.2) is 41.0 Å². The van der Waals surface area contributed by atoms with E-state index in [1.807, 2.05) is 18.2 Å². The number of hydrogen-bond donors (Lipinski definition) is 0. The maximum Gasteiger partial charge on any atom is 0.280 e. The third-order valence-corrected chi connectivity index (χ3v) is 5.11. The largest absolute Gasteiger partial charge is 0.496 e. The molecule has 0 bridgehead atoms. The average Bonchev–Trinajstić information content (AvgIpc) is 2.99.